The van der Waals surface area contributed by atoms with Gasteiger partial charge in [0.25, 0.3) is 5.92 Å². The lowest BCUT2D eigenvalue weighted by molar-refractivity contribution is -0.139. The van der Waals surface area contributed by atoms with Gasteiger partial charge < -0.3 is 25.3 Å². The predicted octanol–water partition coefficient (Wildman–Crippen LogP) is 3.07. The summed E-state index contributed by atoms with van der Waals surface area (Å²) in [7, 11) is 2.06. The fraction of sp³-hybridized carbons (Fsp3) is 0.565. The molecule has 9 nitrogen and oxygen atoms in total. The highest BCUT2D eigenvalue weighted by molar-refractivity contribution is 7.24. The number of anilines is 2. The number of nitrogens with zero attached hydrogens (tertiary/aromatic N) is 5. The SMILES string of the molecule is Cc1c2nc(NCC(=O)N3CCN(C)CC3)sc2cc2sc(NCC(=O)N3CCCC(F)(F)C3)nc12. The van der Waals surface area contributed by atoms with E-state index in [4.69, 9.17) is 4.98 Å². The molecule has 2 saturated heterocycles. The first-order valence-electron chi connectivity index (χ1n) is 12.0. The van der Waals surface area contributed by atoms with Crippen LogP contribution in [0, 0.1) is 6.92 Å². The van der Waals surface area contributed by atoms with Crippen LogP contribution in [0.3, 0.4) is 0 Å². The molecule has 2 N–H and O–H groups in total. The van der Waals surface area contributed by atoms with E-state index in [-0.39, 0.29) is 31.3 Å². The van der Waals surface area contributed by atoms with Crippen molar-refractivity contribution >= 4 is 65.2 Å². The molecule has 2 fully saturated rings. The van der Waals surface area contributed by atoms with Gasteiger partial charge in [-0.3, -0.25) is 9.59 Å². The van der Waals surface area contributed by atoms with E-state index in [0.29, 0.717) is 23.2 Å². The maximum atomic E-state index is 13.6. The van der Waals surface area contributed by atoms with Crippen LogP contribution in [0.5, 0.6) is 0 Å². The highest BCUT2D eigenvalue weighted by atomic mass is 32.1. The Balaban J connectivity index is 1.23. The van der Waals surface area contributed by atoms with E-state index < -0.39 is 12.5 Å². The van der Waals surface area contributed by atoms with Crippen molar-refractivity contribution in [3.05, 3.63) is 11.6 Å². The second-order valence-electron chi connectivity index (χ2n) is 9.40. The number of thiazole rings is 2. The van der Waals surface area contributed by atoms with Crippen molar-refractivity contribution in [2.45, 2.75) is 25.7 Å². The van der Waals surface area contributed by atoms with Crippen molar-refractivity contribution in [2.75, 3.05) is 70.0 Å². The van der Waals surface area contributed by atoms with Gasteiger partial charge >= 0.3 is 0 Å². The average Bonchev–Trinajstić information content (AvgIpc) is 3.45. The fourth-order valence-corrected chi connectivity index (χ4v) is 6.54. The minimum atomic E-state index is -2.81. The van der Waals surface area contributed by atoms with E-state index in [1.54, 1.807) is 0 Å². The molecular weight excluding hydrogens is 508 g/mol. The number of carbonyl (C=O) groups excluding carboxylic acids is 2. The number of hydrogen-bond acceptors (Lipinski definition) is 9. The largest absolute Gasteiger partial charge is 0.352 e. The lowest BCUT2D eigenvalue weighted by Gasteiger charge is -2.32. The lowest BCUT2D eigenvalue weighted by atomic mass is 10.1. The Morgan fingerprint density at radius 2 is 1.50 bits per heavy atom. The van der Waals surface area contributed by atoms with Crippen LogP contribution < -0.4 is 10.6 Å². The third kappa shape index (κ3) is 5.37. The van der Waals surface area contributed by atoms with Crippen molar-refractivity contribution in [2.24, 2.45) is 0 Å². The summed E-state index contributed by atoms with van der Waals surface area (Å²) < 4.78 is 29.2. The smallest absolute Gasteiger partial charge is 0.265 e. The van der Waals surface area contributed by atoms with E-state index in [0.717, 1.165) is 52.2 Å². The minimum Gasteiger partial charge on any atom is -0.352 e. The van der Waals surface area contributed by atoms with Crippen molar-refractivity contribution in [1.29, 1.82) is 0 Å². The van der Waals surface area contributed by atoms with Crippen molar-refractivity contribution in [3.8, 4) is 0 Å². The third-order valence-electron chi connectivity index (χ3n) is 6.66. The summed E-state index contributed by atoms with van der Waals surface area (Å²) in [6.07, 6.45) is 0.139. The van der Waals surface area contributed by atoms with Gasteiger partial charge in [0.05, 0.1) is 40.1 Å². The van der Waals surface area contributed by atoms with Crippen LogP contribution in [-0.4, -0.2) is 102 Å². The number of halogens is 2. The van der Waals surface area contributed by atoms with E-state index in [1.165, 1.54) is 27.6 Å². The molecule has 13 heteroatoms. The Labute approximate surface area is 215 Å². The first-order chi connectivity index (χ1) is 17.2. The molecule has 2 aliphatic rings. The van der Waals surface area contributed by atoms with Gasteiger partial charge in [-0.2, -0.15) is 0 Å². The lowest BCUT2D eigenvalue weighted by Crippen LogP contribution is -2.48. The monoisotopic (exact) mass is 537 g/mol. The molecule has 0 aliphatic carbocycles. The number of alkyl halides is 2. The second-order valence-corrected chi connectivity index (χ2v) is 11.5. The maximum Gasteiger partial charge on any atom is 0.265 e. The van der Waals surface area contributed by atoms with E-state index in [9.17, 15) is 18.4 Å². The number of aromatic nitrogens is 2. The standard InChI is InChI=1S/C23H29F2N7O2S2/c1-14-19-15(35-21(28-19)26-11-17(33)31-8-6-30(2)7-9-31)10-16-20(14)29-22(36-16)27-12-18(34)32-5-3-4-23(24,25)13-32/h10H,3-9,11-13H2,1-2H3,(H,26,28)(H,27,29). The number of piperidine rings is 1. The molecule has 1 aromatic carbocycles. The van der Waals surface area contributed by atoms with Crippen LogP contribution >= 0.6 is 22.7 Å². The molecule has 3 aromatic rings. The molecule has 0 atom stereocenters. The first kappa shape index (κ1) is 25.0. The molecule has 0 saturated carbocycles. The molecule has 194 valence electrons. The van der Waals surface area contributed by atoms with Crippen molar-refractivity contribution in [1.82, 2.24) is 24.7 Å². The van der Waals surface area contributed by atoms with Gasteiger partial charge in [0.15, 0.2) is 10.3 Å². The Kier molecular flexibility index (Phi) is 6.97. The van der Waals surface area contributed by atoms with Crippen LogP contribution in [0.1, 0.15) is 18.4 Å². The van der Waals surface area contributed by atoms with Crippen molar-refractivity contribution < 1.29 is 18.4 Å². The minimum absolute atomic E-state index is 0.0697. The third-order valence-corrected chi connectivity index (χ3v) is 8.58. The molecule has 4 heterocycles. The number of rotatable bonds is 6. The molecule has 2 amide bonds. The molecule has 0 spiro atoms. The van der Waals surface area contributed by atoms with E-state index in [2.05, 4.69) is 27.6 Å². The van der Waals surface area contributed by atoms with Crippen LogP contribution in [0.2, 0.25) is 0 Å². The number of likely N-dealkylation sites (tertiary alicyclic amines) is 1. The topological polar surface area (TPSA) is 93.7 Å². The number of benzene rings is 1. The quantitative estimate of drug-likeness (QED) is 0.499. The molecular formula is C23H29F2N7O2S2. The number of piperazine rings is 1. The average molecular weight is 538 g/mol. The Hall–Kier alpha value is -2.64. The highest BCUT2D eigenvalue weighted by Crippen LogP contribution is 2.37. The molecule has 0 unspecified atom stereocenters. The van der Waals surface area contributed by atoms with Crippen LogP contribution in [0.25, 0.3) is 20.4 Å². The first-order valence-corrected chi connectivity index (χ1v) is 13.6. The number of fused-ring (bicyclic) bond motifs is 2. The summed E-state index contributed by atoms with van der Waals surface area (Å²) in [6, 6.07) is 2.01. The van der Waals surface area contributed by atoms with Gasteiger partial charge in [-0.05, 0) is 26.5 Å². The summed E-state index contributed by atoms with van der Waals surface area (Å²) in [4.78, 5) is 39.6. The summed E-state index contributed by atoms with van der Waals surface area (Å²) in [5.74, 6) is -3.10. The normalized spacial score (nSPS) is 18.7. The number of nitrogens with one attached hydrogen (secondary N) is 2. The van der Waals surface area contributed by atoms with Crippen molar-refractivity contribution in [3.63, 3.8) is 0 Å². The summed E-state index contributed by atoms with van der Waals surface area (Å²) >= 11 is 2.90. The van der Waals surface area contributed by atoms with Gasteiger partial charge in [-0.15, -0.1) is 0 Å². The number of hydrogen-bond donors (Lipinski definition) is 2. The molecule has 0 bridgehead atoms. The molecule has 2 aromatic heterocycles. The molecule has 0 radical (unpaired) electrons. The summed E-state index contributed by atoms with van der Waals surface area (Å²) in [6.45, 7) is 5.17. The number of aryl methyl sites for hydroxylation is 1. The summed E-state index contributed by atoms with van der Waals surface area (Å²) in [5.41, 5.74) is 2.53. The zero-order valence-corrected chi connectivity index (χ0v) is 21.9. The molecule has 5 rings (SSSR count). The number of carbonyl (C=O) groups is 2. The summed E-state index contributed by atoms with van der Waals surface area (Å²) in [5, 5.41) is 7.44. The van der Waals surface area contributed by atoms with E-state index in [1.807, 2.05) is 17.9 Å². The van der Waals surface area contributed by atoms with Gasteiger partial charge in [0.1, 0.15) is 0 Å². The van der Waals surface area contributed by atoms with Gasteiger partial charge in [-0.1, -0.05) is 22.7 Å². The van der Waals surface area contributed by atoms with Gasteiger partial charge in [0, 0.05) is 44.7 Å². The zero-order chi connectivity index (χ0) is 25.4. The predicted molar refractivity (Wildman–Crippen MR) is 139 cm³/mol. The zero-order valence-electron chi connectivity index (χ0n) is 20.3. The Bertz CT molecular complexity index is 1290. The van der Waals surface area contributed by atoms with Crippen LogP contribution in [0.4, 0.5) is 19.0 Å². The molecule has 2 aliphatic heterocycles. The van der Waals surface area contributed by atoms with Gasteiger partial charge in [0.2, 0.25) is 11.8 Å². The number of amides is 2. The Morgan fingerprint density at radius 3 is 2.06 bits per heavy atom. The van der Waals surface area contributed by atoms with Crippen LogP contribution in [-0.2, 0) is 9.59 Å². The molecule has 36 heavy (non-hydrogen) atoms. The maximum absolute atomic E-state index is 13.6. The fourth-order valence-electron chi connectivity index (χ4n) is 4.54. The van der Waals surface area contributed by atoms with Crippen LogP contribution in [0.15, 0.2) is 6.07 Å². The second kappa shape index (κ2) is 10.0. The Morgan fingerprint density at radius 1 is 0.944 bits per heavy atom. The number of likely N-dealkylation sites (N-methyl/N-ethyl adjacent to an activating group) is 1. The highest BCUT2D eigenvalue weighted by Gasteiger charge is 2.36. The van der Waals surface area contributed by atoms with Gasteiger partial charge in [-0.25, -0.2) is 18.7 Å². The van der Waals surface area contributed by atoms with E-state index >= 15 is 0 Å².